The molecule has 0 amide bonds. The molecule has 0 bridgehead atoms. The van der Waals surface area contributed by atoms with Gasteiger partial charge in [0.15, 0.2) is 0 Å². The Morgan fingerprint density at radius 1 is 1.42 bits per heavy atom. The average molecular weight is 342 g/mol. The van der Waals surface area contributed by atoms with E-state index in [0.717, 1.165) is 29.7 Å². The Morgan fingerprint density at radius 2 is 2.25 bits per heavy atom. The molecule has 0 spiro atoms. The summed E-state index contributed by atoms with van der Waals surface area (Å²) in [7, 11) is 0. The third-order valence-corrected chi connectivity index (χ3v) is 5.13. The molecule has 2 N–H and O–H groups in total. The van der Waals surface area contributed by atoms with Crippen LogP contribution in [0.1, 0.15) is 36.2 Å². The molecule has 7 heteroatoms. The molecule has 0 saturated carbocycles. The quantitative estimate of drug-likeness (QED) is 0.760. The number of rotatable bonds is 4. The minimum Gasteiger partial charge on any atom is -0.390 e. The molecule has 1 aliphatic carbocycles. The van der Waals surface area contributed by atoms with Crippen molar-refractivity contribution >= 4 is 21.4 Å². The van der Waals surface area contributed by atoms with Crippen LogP contribution in [0.4, 0.5) is 5.13 Å². The monoisotopic (exact) mass is 342 g/mol. The van der Waals surface area contributed by atoms with Crippen LogP contribution in [0.2, 0.25) is 0 Å². The number of nitrogens with one attached hydrogen (secondary N) is 1. The molecule has 1 aliphatic rings. The van der Waals surface area contributed by atoms with E-state index in [2.05, 4.69) is 22.3 Å². The van der Waals surface area contributed by atoms with Gasteiger partial charge < -0.3 is 10.4 Å². The number of aliphatic hydroxyl groups is 1. The lowest BCUT2D eigenvalue weighted by molar-refractivity contribution is 0.166. The van der Waals surface area contributed by atoms with Crippen LogP contribution in [0.3, 0.4) is 0 Å². The van der Waals surface area contributed by atoms with E-state index in [0.29, 0.717) is 16.5 Å². The van der Waals surface area contributed by atoms with Gasteiger partial charge in [-0.15, -0.1) is 5.10 Å². The van der Waals surface area contributed by atoms with Gasteiger partial charge in [0.25, 0.3) is 5.56 Å². The Balaban J connectivity index is 1.68. The highest BCUT2D eigenvalue weighted by atomic mass is 32.1. The predicted octanol–water partition coefficient (Wildman–Crippen LogP) is 2.17. The zero-order chi connectivity index (χ0) is 16.7. The van der Waals surface area contributed by atoms with Crippen molar-refractivity contribution in [2.24, 2.45) is 0 Å². The standard InChI is InChI=1S/C17H18N4O2S/c1-2-5-11-9-14(23)21-17(18-11)24-16(20-21)19-15-12-7-4-3-6-10(12)8-13(15)22/h3-4,6-7,9,13,15,22H,2,5,8H2,1H3,(H,19,20)/t13-,15+/m0/s1. The average Bonchev–Trinajstić information content (AvgIpc) is 3.10. The molecule has 1 aromatic carbocycles. The Kier molecular flexibility index (Phi) is 3.82. The van der Waals surface area contributed by atoms with Gasteiger partial charge in [0.05, 0.1) is 12.1 Å². The SMILES string of the molecule is CCCc1cc(=O)n2nc(N[C@@H]3c4ccccc4C[C@@H]3O)sc2n1. The summed E-state index contributed by atoms with van der Waals surface area (Å²) < 4.78 is 1.32. The summed E-state index contributed by atoms with van der Waals surface area (Å²) in [5.41, 5.74) is 2.85. The maximum absolute atomic E-state index is 12.2. The first-order valence-electron chi connectivity index (χ1n) is 8.08. The molecule has 0 saturated heterocycles. The first-order valence-corrected chi connectivity index (χ1v) is 8.89. The van der Waals surface area contributed by atoms with Gasteiger partial charge >= 0.3 is 0 Å². The highest BCUT2D eigenvalue weighted by Crippen LogP contribution is 2.34. The molecular weight excluding hydrogens is 324 g/mol. The van der Waals surface area contributed by atoms with E-state index < -0.39 is 6.10 Å². The van der Waals surface area contributed by atoms with E-state index in [1.165, 1.54) is 15.9 Å². The van der Waals surface area contributed by atoms with Crippen molar-refractivity contribution in [3.8, 4) is 0 Å². The van der Waals surface area contributed by atoms with Crippen LogP contribution in [-0.4, -0.2) is 25.8 Å². The van der Waals surface area contributed by atoms with E-state index in [1.807, 2.05) is 24.3 Å². The fourth-order valence-corrected chi connectivity index (χ4v) is 4.04. The van der Waals surface area contributed by atoms with E-state index >= 15 is 0 Å². The van der Waals surface area contributed by atoms with Gasteiger partial charge in [-0.1, -0.05) is 48.9 Å². The Labute approximate surface area is 142 Å². The second-order valence-electron chi connectivity index (χ2n) is 6.03. The number of fused-ring (bicyclic) bond motifs is 2. The predicted molar refractivity (Wildman–Crippen MR) is 93.6 cm³/mol. The van der Waals surface area contributed by atoms with Crippen LogP contribution in [0.5, 0.6) is 0 Å². The van der Waals surface area contributed by atoms with Crippen LogP contribution >= 0.6 is 11.3 Å². The first-order chi connectivity index (χ1) is 11.7. The second kappa shape index (κ2) is 5.99. The zero-order valence-corrected chi connectivity index (χ0v) is 14.1. The number of aliphatic hydroxyl groups excluding tert-OH is 1. The van der Waals surface area contributed by atoms with E-state index in [1.54, 1.807) is 6.07 Å². The van der Waals surface area contributed by atoms with Crippen molar-refractivity contribution in [1.82, 2.24) is 14.6 Å². The molecule has 2 aromatic heterocycles. The molecule has 6 nitrogen and oxygen atoms in total. The van der Waals surface area contributed by atoms with Gasteiger partial charge in [-0.25, -0.2) is 4.98 Å². The summed E-state index contributed by atoms with van der Waals surface area (Å²) in [4.78, 5) is 17.3. The van der Waals surface area contributed by atoms with Crippen molar-refractivity contribution in [2.45, 2.75) is 38.3 Å². The van der Waals surface area contributed by atoms with Gasteiger partial charge in [0, 0.05) is 18.2 Å². The fraction of sp³-hybridized carbons (Fsp3) is 0.353. The van der Waals surface area contributed by atoms with Crippen molar-refractivity contribution in [3.05, 3.63) is 57.5 Å². The Hall–Kier alpha value is -2.25. The molecule has 2 heterocycles. The number of aromatic nitrogens is 3. The van der Waals surface area contributed by atoms with Gasteiger partial charge in [0.1, 0.15) is 0 Å². The molecule has 0 aliphatic heterocycles. The van der Waals surface area contributed by atoms with Gasteiger partial charge in [-0.2, -0.15) is 4.52 Å². The van der Waals surface area contributed by atoms with E-state index in [4.69, 9.17) is 0 Å². The number of nitrogens with zero attached hydrogens (tertiary/aromatic N) is 3. The summed E-state index contributed by atoms with van der Waals surface area (Å²) in [6.45, 7) is 2.06. The number of hydrogen-bond donors (Lipinski definition) is 2. The van der Waals surface area contributed by atoms with Gasteiger partial charge in [0.2, 0.25) is 10.1 Å². The summed E-state index contributed by atoms with van der Waals surface area (Å²) in [6.07, 6.45) is 1.84. The van der Waals surface area contributed by atoms with Crippen LogP contribution < -0.4 is 10.9 Å². The summed E-state index contributed by atoms with van der Waals surface area (Å²) >= 11 is 1.33. The smallest absolute Gasteiger partial charge is 0.275 e. The first kappa shape index (κ1) is 15.3. The number of aryl methyl sites for hydroxylation is 1. The summed E-state index contributed by atoms with van der Waals surface area (Å²) in [5, 5.41) is 18.5. The lowest BCUT2D eigenvalue weighted by Crippen LogP contribution is -2.21. The van der Waals surface area contributed by atoms with Crippen molar-refractivity contribution in [1.29, 1.82) is 0 Å². The molecule has 0 radical (unpaired) electrons. The lowest BCUT2D eigenvalue weighted by atomic mass is 10.1. The third-order valence-electron chi connectivity index (χ3n) is 4.29. The lowest BCUT2D eigenvalue weighted by Gasteiger charge is -2.16. The van der Waals surface area contributed by atoms with E-state index in [-0.39, 0.29) is 11.6 Å². The highest BCUT2D eigenvalue weighted by molar-refractivity contribution is 7.20. The normalized spacial score (nSPS) is 19.6. The molecule has 4 rings (SSSR count). The highest BCUT2D eigenvalue weighted by Gasteiger charge is 2.31. The number of benzene rings is 1. The molecule has 3 aromatic rings. The maximum atomic E-state index is 12.2. The van der Waals surface area contributed by atoms with Crippen LogP contribution in [-0.2, 0) is 12.8 Å². The summed E-state index contributed by atoms with van der Waals surface area (Å²) in [6, 6.07) is 9.31. The second-order valence-corrected chi connectivity index (χ2v) is 6.99. The number of hydrogen-bond acceptors (Lipinski definition) is 6. The number of anilines is 1. The van der Waals surface area contributed by atoms with Crippen molar-refractivity contribution in [2.75, 3.05) is 5.32 Å². The van der Waals surface area contributed by atoms with Crippen molar-refractivity contribution in [3.63, 3.8) is 0 Å². The molecule has 124 valence electrons. The largest absolute Gasteiger partial charge is 0.390 e. The Morgan fingerprint density at radius 3 is 3.08 bits per heavy atom. The summed E-state index contributed by atoms with van der Waals surface area (Å²) in [5.74, 6) is 0. The molecule has 0 unspecified atom stereocenters. The third kappa shape index (κ3) is 2.59. The molecule has 24 heavy (non-hydrogen) atoms. The molecule has 0 fully saturated rings. The van der Waals surface area contributed by atoms with Crippen LogP contribution in [0.15, 0.2) is 35.1 Å². The van der Waals surface area contributed by atoms with Gasteiger partial charge in [-0.05, 0) is 17.5 Å². The minimum absolute atomic E-state index is 0.167. The topological polar surface area (TPSA) is 79.5 Å². The molecular formula is C17H18N4O2S. The minimum atomic E-state index is -0.505. The fourth-order valence-electron chi connectivity index (χ4n) is 3.18. The van der Waals surface area contributed by atoms with Crippen LogP contribution in [0, 0.1) is 0 Å². The van der Waals surface area contributed by atoms with Crippen molar-refractivity contribution < 1.29 is 5.11 Å². The van der Waals surface area contributed by atoms with E-state index in [9.17, 15) is 9.90 Å². The van der Waals surface area contributed by atoms with Gasteiger partial charge in [-0.3, -0.25) is 4.79 Å². The Bertz CT molecular complexity index is 949. The zero-order valence-electron chi connectivity index (χ0n) is 13.3. The van der Waals surface area contributed by atoms with Crippen LogP contribution in [0.25, 0.3) is 4.96 Å². The molecule has 2 atom stereocenters. The maximum Gasteiger partial charge on any atom is 0.275 e.